The molecule has 0 saturated heterocycles. The predicted molar refractivity (Wildman–Crippen MR) is 77.6 cm³/mol. The van der Waals surface area contributed by atoms with Crippen LogP contribution in [0.25, 0.3) is 0 Å². The van der Waals surface area contributed by atoms with Crippen LogP contribution in [-0.4, -0.2) is 37.5 Å². The minimum absolute atomic E-state index is 0.0770. The summed E-state index contributed by atoms with van der Waals surface area (Å²) >= 11 is 0. The minimum Gasteiger partial charge on any atom is -0.370 e. The summed E-state index contributed by atoms with van der Waals surface area (Å²) in [4.78, 5) is 6.37. The van der Waals surface area contributed by atoms with E-state index in [0.29, 0.717) is 12.5 Å². The summed E-state index contributed by atoms with van der Waals surface area (Å²) in [7, 11) is 3.94. The third-order valence-electron chi connectivity index (χ3n) is 2.75. The normalized spacial score (nSPS) is 13.9. The van der Waals surface area contributed by atoms with Crippen LogP contribution >= 0.6 is 0 Å². The number of rotatable bonds is 5. The first-order chi connectivity index (χ1) is 8.90. The highest BCUT2D eigenvalue weighted by molar-refractivity contribution is 5.78. The van der Waals surface area contributed by atoms with Crippen LogP contribution < -0.4 is 11.1 Å². The molecule has 106 valence electrons. The van der Waals surface area contributed by atoms with Gasteiger partial charge in [0.2, 0.25) is 0 Å². The molecule has 0 aliphatic carbocycles. The molecule has 0 radical (unpaired) electrons. The second-order valence-electron chi connectivity index (χ2n) is 5.06. The third-order valence-corrected chi connectivity index (χ3v) is 2.75. The number of aliphatic imine (C=N–C) groups is 1. The third kappa shape index (κ3) is 5.26. The van der Waals surface area contributed by atoms with Gasteiger partial charge in [0.25, 0.3) is 0 Å². The number of hydrogen-bond donors (Lipinski definition) is 2. The van der Waals surface area contributed by atoms with Crippen LogP contribution in [0.1, 0.15) is 25.5 Å². The molecule has 0 aromatic heterocycles. The van der Waals surface area contributed by atoms with E-state index in [1.165, 1.54) is 12.1 Å². The Kier molecular flexibility index (Phi) is 5.76. The molecule has 1 aromatic carbocycles. The van der Waals surface area contributed by atoms with Crippen molar-refractivity contribution in [2.45, 2.75) is 25.9 Å². The van der Waals surface area contributed by atoms with Crippen molar-refractivity contribution in [2.24, 2.45) is 10.7 Å². The molecule has 0 heterocycles. The van der Waals surface area contributed by atoms with E-state index in [4.69, 9.17) is 5.73 Å². The average Bonchev–Trinajstić information content (AvgIpc) is 2.30. The van der Waals surface area contributed by atoms with Gasteiger partial charge in [0.15, 0.2) is 5.96 Å². The van der Waals surface area contributed by atoms with E-state index >= 15 is 0 Å². The molecule has 4 nitrogen and oxygen atoms in total. The molecule has 3 N–H and O–H groups in total. The van der Waals surface area contributed by atoms with Crippen molar-refractivity contribution >= 4 is 5.96 Å². The van der Waals surface area contributed by atoms with E-state index in [-0.39, 0.29) is 17.9 Å². The van der Waals surface area contributed by atoms with Crippen molar-refractivity contribution in [2.75, 3.05) is 20.6 Å². The van der Waals surface area contributed by atoms with E-state index in [0.717, 1.165) is 5.56 Å². The van der Waals surface area contributed by atoms with Crippen LogP contribution in [0.15, 0.2) is 29.3 Å². The van der Waals surface area contributed by atoms with E-state index in [2.05, 4.69) is 10.3 Å². The molecule has 1 aromatic rings. The van der Waals surface area contributed by atoms with Crippen LogP contribution in [0.3, 0.4) is 0 Å². The fraction of sp³-hybridized carbons (Fsp3) is 0.500. The zero-order valence-corrected chi connectivity index (χ0v) is 12.0. The molecule has 0 saturated carbocycles. The monoisotopic (exact) mass is 266 g/mol. The number of halogens is 1. The lowest BCUT2D eigenvalue weighted by Gasteiger charge is -2.23. The van der Waals surface area contributed by atoms with Gasteiger partial charge in [-0.15, -0.1) is 0 Å². The molecule has 0 aliphatic heterocycles. The number of nitrogens with two attached hydrogens (primary N) is 1. The van der Waals surface area contributed by atoms with Crippen molar-refractivity contribution in [1.82, 2.24) is 10.2 Å². The van der Waals surface area contributed by atoms with Crippen LogP contribution in [0, 0.1) is 5.82 Å². The number of likely N-dealkylation sites (N-methyl/N-ethyl adjacent to an activating group) is 1. The molecule has 0 bridgehead atoms. The fourth-order valence-electron chi connectivity index (χ4n) is 1.78. The molecular formula is C14H23FN4. The lowest BCUT2D eigenvalue weighted by atomic mass is 10.1. The van der Waals surface area contributed by atoms with E-state index < -0.39 is 0 Å². The van der Waals surface area contributed by atoms with Crippen LogP contribution in [0.4, 0.5) is 4.39 Å². The maximum absolute atomic E-state index is 12.9. The zero-order chi connectivity index (χ0) is 14.4. The fourth-order valence-corrected chi connectivity index (χ4v) is 1.78. The van der Waals surface area contributed by atoms with Gasteiger partial charge in [-0.2, -0.15) is 0 Å². The summed E-state index contributed by atoms with van der Waals surface area (Å²) in [5.41, 5.74) is 6.81. The van der Waals surface area contributed by atoms with Gasteiger partial charge in [0, 0.05) is 6.04 Å². The zero-order valence-electron chi connectivity index (χ0n) is 12.0. The Hall–Kier alpha value is -1.62. The van der Waals surface area contributed by atoms with Crippen molar-refractivity contribution < 1.29 is 4.39 Å². The van der Waals surface area contributed by atoms with Gasteiger partial charge < -0.3 is 16.0 Å². The summed E-state index contributed by atoms with van der Waals surface area (Å²) in [6, 6.07) is 6.82. The van der Waals surface area contributed by atoms with Crippen molar-refractivity contribution in [3.8, 4) is 0 Å². The molecule has 5 heteroatoms. The lowest BCUT2D eigenvalue weighted by Crippen LogP contribution is -2.37. The minimum atomic E-state index is -0.231. The Bertz CT molecular complexity index is 412. The second kappa shape index (κ2) is 7.09. The Morgan fingerprint density at radius 3 is 2.37 bits per heavy atom. The Balaban J connectivity index is 2.76. The highest BCUT2D eigenvalue weighted by atomic mass is 19.1. The molecule has 0 aliphatic rings. The summed E-state index contributed by atoms with van der Waals surface area (Å²) in [6.07, 6.45) is 0. The molecular weight excluding hydrogens is 243 g/mol. The van der Waals surface area contributed by atoms with Gasteiger partial charge in [-0.25, -0.2) is 4.39 Å². The smallest absolute Gasteiger partial charge is 0.188 e. The topological polar surface area (TPSA) is 53.6 Å². The number of guanidine groups is 1. The molecule has 0 fully saturated rings. The summed E-state index contributed by atoms with van der Waals surface area (Å²) in [5, 5.41) is 3.05. The Labute approximate surface area is 114 Å². The number of hydrogen-bond acceptors (Lipinski definition) is 2. The first-order valence-electron chi connectivity index (χ1n) is 6.38. The van der Waals surface area contributed by atoms with Gasteiger partial charge in [0.1, 0.15) is 5.82 Å². The maximum Gasteiger partial charge on any atom is 0.188 e. The molecule has 1 unspecified atom stereocenters. The highest BCUT2D eigenvalue weighted by Crippen LogP contribution is 2.18. The largest absolute Gasteiger partial charge is 0.370 e. The van der Waals surface area contributed by atoms with Crippen LogP contribution in [-0.2, 0) is 0 Å². The Morgan fingerprint density at radius 2 is 1.89 bits per heavy atom. The molecule has 0 amide bonds. The molecule has 1 atom stereocenters. The quantitative estimate of drug-likeness (QED) is 0.630. The van der Waals surface area contributed by atoms with E-state index in [1.54, 1.807) is 12.1 Å². The molecule has 19 heavy (non-hydrogen) atoms. The predicted octanol–water partition coefficient (Wildman–Crippen LogP) is 1.74. The maximum atomic E-state index is 12.9. The van der Waals surface area contributed by atoms with Gasteiger partial charge in [-0.05, 0) is 45.6 Å². The standard InChI is InChI=1S/C14H23FN4/c1-10(2)18-14(16)17-9-13(19(3)4)11-5-7-12(15)8-6-11/h5-8,10,13H,9H2,1-4H3,(H3,16,17,18). The number of benzene rings is 1. The highest BCUT2D eigenvalue weighted by Gasteiger charge is 2.13. The van der Waals surface area contributed by atoms with Crippen molar-refractivity contribution in [1.29, 1.82) is 0 Å². The SMILES string of the molecule is CC(C)NC(N)=NCC(c1ccc(F)cc1)N(C)C. The van der Waals surface area contributed by atoms with Gasteiger partial charge in [-0.3, -0.25) is 4.99 Å². The van der Waals surface area contributed by atoms with E-state index in [1.807, 2.05) is 32.8 Å². The van der Waals surface area contributed by atoms with E-state index in [9.17, 15) is 4.39 Å². The first kappa shape index (κ1) is 15.4. The second-order valence-corrected chi connectivity index (χ2v) is 5.06. The van der Waals surface area contributed by atoms with Gasteiger partial charge >= 0.3 is 0 Å². The number of nitrogens with zero attached hydrogens (tertiary/aromatic N) is 2. The summed E-state index contributed by atoms with van der Waals surface area (Å²) in [5.74, 6) is 0.203. The molecule has 0 spiro atoms. The number of nitrogens with one attached hydrogen (secondary N) is 1. The van der Waals surface area contributed by atoms with Gasteiger partial charge in [0.05, 0.1) is 12.6 Å². The Morgan fingerprint density at radius 1 is 1.32 bits per heavy atom. The average molecular weight is 266 g/mol. The molecule has 1 rings (SSSR count). The van der Waals surface area contributed by atoms with Crippen molar-refractivity contribution in [3.05, 3.63) is 35.6 Å². The lowest BCUT2D eigenvalue weighted by molar-refractivity contribution is 0.306. The van der Waals surface area contributed by atoms with Crippen LogP contribution in [0.2, 0.25) is 0 Å². The van der Waals surface area contributed by atoms with Crippen LogP contribution in [0.5, 0.6) is 0 Å². The summed E-state index contributed by atoms with van der Waals surface area (Å²) in [6.45, 7) is 4.54. The van der Waals surface area contributed by atoms with Gasteiger partial charge in [-0.1, -0.05) is 12.1 Å². The van der Waals surface area contributed by atoms with Crippen molar-refractivity contribution in [3.63, 3.8) is 0 Å². The first-order valence-corrected chi connectivity index (χ1v) is 6.38. The summed E-state index contributed by atoms with van der Waals surface area (Å²) < 4.78 is 12.9.